The lowest BCUT2D eigenvalue weighted by molar-refractivity contribution is 0.197. The van der Waals surface area contributed by atoms with Gasteiger partial charge in [0.2, 0.25) is 0 Å². The van der Waals surface area contributed by atoms with Crippen molar-refractivity contribution in [1.82, 2.24) is 10.6 Å². The highest BCUT2D eigenvalue weighted by molar-refractivity contribution is 8.00. The van der Waals surface area contributed by atoms with E-state index in [2.05, 4.69) is 34.1 Å². The fraction of sp³-hybridized carbons (Fsp3) is 0.222. The number of hydrogen-bond donors (Lipinski definition) is 4. The monoisotopic (exact) mass is 523 g/mol. The molecule has 1 aliphatic rings. The Hall–Kier alpha value is -3.43. The lowest BCUT2D eigenvalue weighted by Gasteiger charge is -2.19. The fourth-order valence-corrected chi connectivity index (χ4v) is 5.08. The van der Waals surface area contributed by atoms with Gasteiger partial charge in [-0.25, -0.2) is 4.79 Å². The van der Waals surface area contributed by atoms with Crippen LogP contribution in [0.3, 0.4) is 0 Å². The van der Waals surface area contributed by atoms with Gasteiger partial charge in [0.1, 0.15) is 17.3 Å². The molecular weight excluding hydrogens is 494 g/mol. The number of amides is 1. The molecule has 36 heavy (non-hydrogen) atoms. The Morgan fingerprint density at radius 2 is 1.42 bits per heavy atom. The molecule has 4 rings (SSSR count). The van der Waals surface area contributed by atoms with Gasteiger partial charge in [0, 0.05) is 25.6 Å². The predicted octanol–water partition coefficient (Wildman–Crippen LogP) is 6.63. The summed E-state index contributed by atoms with van der Waals surface area (Å²) in [5.74, 6) is 2.27. The predicted molar refractivity (Wildman–Crippen MR) is 144 cm³/mol. The molecule has 0 unspecified atom stereocenters. The van der Waals surface area contributed by atoms with Crippen LogP contribution in [-0.2, 0) is 0 Å². The zero-order valence-corrected chi connectivity index (χ0v) is 22.0. The highest BCUT2D eigenvalue weighted by atomic mass is 32.2. The maximum atomic E-state index is 11.3. The van der Waals surface area contributed by atoms with Crippen molar-refractivity contribution in [2.45, 2.75) is 45.4 Å². The normalized spacial score (nSPS) is 13.4. The van der Waals surface area contributed by atoms with Gasteiger partial charge in [-0.3, -0.25) is 5.32 Å². The van der Waals surface area contributed by atoms with Gasteiger partial charge in [0.25, 0.3) is 0 Å². The van der Waals surface area contributed by atoms with E-state index in [1.807, 2.05) is 48.5 Å². The van der Waals surface area contributed by atoms with E-state index in [9.17, 15) is 9.90 Å². The van der Waals surface area contributed by atoms with E-state index < -0.39 is 6.09 Å². The third-order valence-electron chi connectivity index (χ3n) is 5.39. The van der Waals surface area contributed by atoms with Crippen LogP contribution in [0.1, 0.15) is 19.8 Å². The summed E-state index contributed by atoms with van der Waals surface area (Å²) in [4.78, 5) is 15.5. The third-order valence-corrected chi connectivity index (χ3v) is 7.47. The van der Waals surface area contributed by atoms with Gasteiger partial charge in [-0.1, -0.05) is 23.5 Å². The molecule has 3 aromatic carbocycles. The Morgan fingerprint density at radius 1 is 0.861 bits per heavy atom. The van der Waals surface area contributed by atoms with Crippen LogP contribution in [0, 0.1) is 0 Å². The Bertz CT molecular complexity index is 1230. The number of rotatable bonds is 11. The molecule has 0 heterocycles. The largest absolute Gasteiger partial charge is 0.497 e. The molecule has 0 aliphatic heterocycles. The maximum absolute atomic E-state index is 11.3. The van der Waals surface area contributed by atoms with Crippen molar-refractivity contribution in [3.05, 3.63) is 78.2 Å². The van der Waals surface area contributed by atoms with Crippen LogP contribution < -0.4 is 25.4 Å². The van der Waals surface area contributed by atoms with Crippen LogP contribution in [0.2, 0.25) is 0 Å². The van der Waals surface area contributed by atoms with E-state index >= 15 is 0 Å². The second-order valence-electron chi connectivity index (χ2n) is 8.19. The maximum Gasteiger partial charge on any atom is 0.409 e. The quantitative estimate of drug-likeness (QED) is 0.223. The summed E-state index contributed by atoms with van der Waals surface area (Å²) in [6, 6.07) is 22.4. The molecule has 1 saturated carbocycles. The van der Waals surface area contributed by atoms with Crippen LogP contribution in [-0.4, -0.2) is 31.5 Å². The van der Waals surface area contributed by atoms with Gasteiger partial charge < -0.3 is 25.2 Å². The minimum atomic E-state index is -1.10. The van der Waals surface area contributed by atoms with Crippen LogP contribution in [0.4, 0.5) is 10.5 Å². The van der Waals surface area contributed by atoms with E-state index in [1.54, 1.807) is 44.7 Å². The molecule has 1 amide bonds. The topological polar surface area (TPSA) is 91.9 Å². The lowest BCUT2D eigenvalue weighted by atomic mass is 10.3. The van der Waals surface area contributed by atoms with Gasteiger partial charge in [-0.2, -0.15) is 0 Å². The second-order valence-corrected chi connectivity index (χ2v) is 10.4. The molecule has 0 spiro atoms. The SMILES string of the molecule is COc1ccc(Sc2ccc(Sc3ccc(OC)cc3)c(N/C(NC3CC3)=C(\C)NC(=O)O)c2)cc1. The number of benzene rings is 3. The first-order valence-corrected chi connectivity index (χ1v) is 13.1. The summed E-state index contributed by atoms with van der Waals surface area (Å²) in [6.07, 6.45) is 1.03. The number of hydrogen-bond acceptors (Lipinski definition) is 7. The molecule has 3 aromatic rings. The molecular formula is C27H29N3O4S2. The summed E-state index contributed by atoms with van der Waals surface area (Å²) < 4.78 is 10.5. The molecule has 1 fully saturated rings. The standard InChI is InChI=1S/C27H29N3O4S2/c1-17(28-27(31)32)26(29-18-4-5-18)30-24-16-23(35-21-10-6-19(33-2)7-11-21)14-15-25(24)36-22-12-8-20(34-3)9-13-22/h6-16,18,28-30H,4-5H2,1-3H3,(H,31,32)/b26-17+. The van der Waals surface area contributed by atoms with Crippen LogP contribution in [0.15, 0.2) is 97.8 Å². The minimum Gasteiger partial charge on any atom is -0.497 e. The summed E-state index contributed by atoms with van der Waals surface area (Å²) in [5, 5.41) is 18.6. The summed E-state index contributed by atoms with van der Waals surface area (Å²) in [6.45, 7) is 1.75. The zero-order valence-electron chi connectivity index (χ0n) is 20.3. The lowest BCUT2D eigenvalue weighted by Crippen LogP contribution is -2.29. The van der Waals surface area contributed by atoms with E-state index in [0.717, 1.165) is 49.6 Å². The third kappa shape index (κ3) is 7.29. The molecule has 0 radical (unpaired) electrons. The fourth-order valence-electron chi connectivity index (χ4n) is 3.34. The summed E-state index contributed by atoms with van der Waals surface area (Å²) in [5.41, 5.74) is 1.40. The molecule has 9 heteroatoms. The first-order valence-electron chi connectivity index (χ1n) is 11.5. The Morgan fingerprint density at radius 3 is 1.94 bits per heavy atom. The number of methoxy groups -OCH3 is 2. The highest BCUT2D eigenvalue weighted by Crippen LogP contribution is 2.39. The Kier molecular flexibility index (Phi) is 8.56. The molecule has 1 aliphatic carbocycles. The number of carbonyl (C=O) groups is 1. The summed E-state index contributed by atoms with van der Waals surface area (Å²) >= 11 is 3.27. The Balaban J connectivity index is 1.65. The average molecular weight is 524 g/mol. The summed E-state index contributed by atoms with van der Waals surface area (Å²) in [7, 11) is 3.30. The van der Waals surface area contributed by atoms with Crippen molar-refractivity contribution in [3.8, 4) is 11.5 Å². The van der Waals surface area contributed by atoms with Gasteiger partial charge in [0.15, 0.2) is 0 Å². The van der Waals surface area contributed by atoms with Gasteiger partial charge in [0.05, 0.1) is 25.6 Å². The molecule has 0 saturated heterocycles. The number of allylic oxidation sites excluding steroid dienone is 1. The molecule has 7 nitrogen and oxygen atoms in total. The van der Waals surface area contributed by atoms with E-state index in [1.165, 1.54) is 0 Å². The van der Waals surface area contributed by atoms with Crippen molar-refractivity contribution in [1.29, 1.82) is 0 Å². The average Bonchev–Trinajstić information content (AvgIpc) is 3.70. The molecule has 4 N–H and O–H groups in total. The first kappa shape index (κ1) is 25.7. The Labute approximate surface area is 219 Å². The van der Waals surface area contributed by atoms with Crippen molar-refractivity contribution >= 4 is 35.3 Å². The van der Waals surface area contributed by atoms with Crippen molar-refractivity contribution in [2.75, 3.05) is 19.5 Å². The zero-order chi connectivity index (χ0) is 25.5. The van der Waals surface area contributed by atoms with Gasteiger partial charge >= 0.3 is 6.09 Å². The van der Waals surface area contributed by atoms with E-state index in [4.69, 9.17) is 9.47 Å². The highest BCUT2D eigenvalue weighted by Gasteiger charge is 2.23. The molecule has 0 bridgehead atoms. The second kappa shape index (κ2) is 12.0. The van der Waals surface area contributed by atoms with Crippen molar-refractivity contribution in [3.63, 3.8) is 0 Å². The van der Waals surface area contributed by atoms with Gasteiger partial charge in [-0.05, 0) is 86.5 Å². The van der Waals surface area contributed by atoms with Crippen molar-refractivity contribution < 1.29 is 19.4 Å². The van der Waals surface area contributed by atoms with Crippen molar-refractivity contribution in [2.24, 2.45) is 0 Å². The van der Waals surface area contributed by atoms with Gasteiger partial charge in [-0.15, -0.1) is 0 Å². The van der Waals surface area contributed by atoms with Crippen LogP contribution in [0.5, 0.6) is 11.5 Å². The van der Waals surface area contributed by atoms with E-state index in [-0.39, 0.29) is 0 Å². The van der Waals surface area contributed by atoms with Crippen LogP contribution in [0.25, 0.3) is 0 Å². The first-order chi connectivity index (χ1) is 17.4. The minimum absolute atomic E-state index is 0.340. The number of nitrogens with one attached hydrogen (secondary N) is 3. The number of carboxylic acid groups (broad SMARTS) is 1. The molecule has 0 atom stereocenters. The van der Waals surface area contributed by atoms with E-state index in [0.29, 0.717) is 17.6 Å². The number of anilines is 1. The van der Waals surface area contributed by atoms with Crippen LogP contribution >= 0.6 is 23.5 Å². The molecule has 188 valence electrons. The smallest absolute Gasteiger partial charge is 0.409 e. The number of ether oxygens (including phenoxy) is 2. The molecule has 0 aromatic heterocycles.